The van der Waals surface area contributed by atoms with E-state index in [9.17, 15) is 4.79 Å². The van der Waals surface area contributed by atoms with E-state index in [0.717, 1.165) is 6.42 Å². The molecule has 1 aliphatic carbocycles. The molecule has 0 bridgehead atoms. The maximum atomic E-state index is 11.5. The van der Waals surface area contributed by atoms with E-state index in [1.165, 1.54) is 11.1 Å². The predicted octanol–water partition coefficient (Wildman–Crippen LogP) is 2.46. The topological polar surface area (TPSA) is 38.3 Å². The van der Waals surface area contributed by atoms with Crippen LogP contribution in [0, 0.1) is 5.41 Å². The van der Waals surface area contributed by atoms with Gasteiger partial charge in [0.1, 0.15) is 6.61 Å². The first-order valence-corrected chi connectivity index (χ1v) is 6.47. The van der Waals surface area contributed by atoms with Gasteiger partial charge in [-0.2, -0.15) is 0 Å². The maximum Gasteiger partial charge on any atom is 0.311 e. The summed E-state index contributed by atoms with van der Waals surface area (Å²) in [6.45, 7) is 6.75. The molecule has 3 heteroatoms. The molecule has 0 spiro atoms. The number of fused-ring (bicyclic) bond motifs is 1. The Bertz CT molecular complexity index is 434. The summed E-state index contributed by atoms with van der Waals surface area (Å²) < 4.78 is 5.21. The lowest BCUT2D eigenvalue weighted by molar-refractivity contribution is -0.152. The van der Waals surface area contributed by atoms with E-state index in [1.807, 2.05) is 20.8 Å². The summed E-state index contributed by atoms with van der Waals surface area (Å²) in [6.07, 6.45) is 1.07. The van der Waals surface area contributed by atoms with Crippen LogP contribution < -0.4 is 5.32 Å². The van der Waals surface area contributed by atoms with Crippen molar-refractivity contribution in [3.63, 3.8) is 0 Å². The van der Waals surface area contributed by atoms with Gasteiger partial charge in [-0.25, -0.2) is 0 Å². The van der Waals surface area contributed by atoms with Crippen molar-refractivity contribution in [2.45, 2.75) is 33.2 Å². The van der Waals surface area contributed by atoms with Crippen LogP contribution in [0.5, 0.6) is 0 Å². The monoisotopic (exact) mass is 247 g/mol. The van der Waals surface area contributed by atoms with E-state index >= 15 is 0 Å². The van der Waals surface area contributed by atoms with Gasteiger partial charge >= 0.3 is 5.97 Å². The molecule has 0 heterocycles. The highest BCUT2D eigenvalue weighted by Gasteiger charge is 2.25. The molecule has 0 saturated heterocycles. The summed E-state index contributed by atoms with van der Waals surface area (Å²) >= 11 is 0. The highest BCUT2D eigenvalue weighted by molar-refractivity contribution is 5.75. The first kappa shape index (κ1) is 13.1. The van der Waals surface area contributed by atoms with E-state index < -0.39 is 5.41 Å². The molecule has 2 rings (SSSR count). The van der Waals surface area contributed by atoms with Gasteiger partial charge in [-0.3, -0.25) is 4.79 Å². The molecule has 1 N–H and O–H groups in total. The van der Waals surface area contributed by atoms with Crippen molar-refractivity contribution in [2.24, 2.45) is 5.41 Å². The quantitative estimate of drug-likeness (QED) is 0.656. The van der Waals surface area contributed by atoms with Crippen molar-refractivity contribution < 1.29 is 9.53 Å². The molecule has 18 heavy (non-hydrogen) atoms. The molecule has 1 aromatic rings. The van der Waals surface area contributed by atoms with Gasteiger partial charge in [0.2, 0.25) is 0 Å². The lowest BCUT2D eigenvalue weighted by atomic mass is 9.83. The molecular formula is C15H21NO2. The van der Waals surface area contributed by atoms with Crippen LogP contribution in [0.1, 0.15) is 37.9 Å². The standard InChI is InChI=1S/C15H21NO2/c1-15(2,3)14(17)18-9-8-16-13-10-11-6-4-5-7-12(11)13/h4-7,13,16H,8-10H2,1-3H3. The number of benzene rings is 1. The number of carbonyl (C=O) groups excluding carboxylic acids is 1. The summed E-state index contributed by atoms with van der Waals surface area (Å²) in [5, 5.41) is 3.40. The Labute approximate surface area is 109 Å². The fourth-order valence-corrected chi connectivity index (χ4v) is 2.03. The lowest BCUT2D eigenvalue weighted by Gasteiger charge is -2.31. The molecule has 0 fully saturated rings. The minimum atomic E-state index is -0.414. The van der Waals surface area contributed by atoms with Crippen LogP contribution in [0.2, 0.25) is 0 Å². The Morgan fingerprint density at radius 2 is 2.11 bits per heavy atom. The molecule has 0 saturated carbocycles. The molecular weight excluding hydrogens is 226 g/mol. The van der Waals surface area contributed by atoms with Gasteiger partial charge in [-0.15, -0.1) is 0 Å². The van der Waals surface area contributed by atoms with Crippen molar-refractivity contribution in [3.8, 4) is 0 Å². The summed E-state index contributed by atoms with van der Waals surface area (Å²) in [5.74, 6) is -0.140. The van der Waals surface area contributed by atoms with Crippen molar-refractivity contribution in [3.05, 3.63) is 35.4 Å². The van der Waals surface area contributed by atoms with Gasteiger partial charge < -0.3 is 10.1 Å². The van der Waals surface area contributed by atoms with Crippen LogP contribution in [0.4, 0.5) is 0 Å². The van der Waals surface area contributed by atoms with Crippen LogP contribution in [-0.4, -0.2) is 19.1 Å². The molecule has 0 amide bonds. The number of nitrogens with one attached hydrogen (secondary N) is 1. The average Bonchev–Trinajstić information content (AvgIpc) is 2.28. The largest absolute Gasteiger partial charge is 0.464 e. The summed E-state index contributed by atoms with van der Waals surface area (Å²) in [4.78, 5) is 11.5. The second kappa shape index (κ2) is 5.11. The molecule has 1 atom stereocenters. The minimum absolute atomic E-state index is 0.140. The minimum Gasteiger partial charge on any atom is -0.464 e. The van der Waals surface area contributed by atoms with Crippen molar-refractivity contribution in [1.82, 2.24) is 5.32 Å². The molecule has 0 radical (unpaired) electrons. The second-order valence-corrected chi connectivity index (χ2v) is 5.80. The van der Waals surface area contributed by atoms with Crippen LogP contribution in [-0.2, 0) is 16.0 Å². The van der Waals surface area contributed by atoms with Gasteiger partial charge in [0.05, 0.1) is 5.41 Å². The molecule has 1 unspecified atom stereocenters. The number of hydrogen-bond acceptors (Lipinski definition) is 3. The third-order valence-electron chi connectivity index (χ3n) is 3.19. The Morgan fingerprint density at radius 3 is 2.78 bits per heavy atom. The molecule has 98 valence electrons. The highest BCUT2D eigenvalue weighted by Crippen LogP contribution is 2.32. The molecule has 0 aliphatic heterocycles. The van der Waals surface area contributed by atoms with Crippen LogP contribution in [0.3, 0.4) is 0 Å². The number of hydrogen-bond donors (Lipinski definition) is 1. The van der Waals surface area contributed by atoms with E-state index in [4.69, 9.17) is 4.74 Å². The molecule has 1 aliphatic rings. The summed E-state index contributed by atoms with van der Waals surface area (Å²) in [6, 6.07) is 8.87. The third-order valence-corrected chi connectivity index (χ3v) is 3.19. The maximum absolute atomic E-state index is 11.5. The summed E-state index contributed by atoms with van der Waals surface area (Å²) in [5.41, 5.74) is 2.38. The third kappa shape index (κ3) is 2.91. The zero-order chi connectivity index (χ0) is 13.2. The Morgan fingerprint density at radius 1 is 1.39 bits per heavy atom. The number of rotatable bonds is 4. The first-order valence-electron chi connectivity index (χ1n) is 6.47. The van der Waals surface area contributed by atoms with E-state index in [0.29, 0.717) is 19.2 Å². The van der Waals surface area contributed by atoms with Crippen LogP contribution >= 0.6 is 0 Å². The molecule has 0 aromatic heterocycles. The Balaban J connectivity index is 1.68. The van der Waals surface area contributed by atoms with Crippen molar-refractivity contribution in [2.75, 3.05) is 13.2 Å². The second-order valence-electron chi connectivity index (χ2n) is 5.80. The van der Waals surface area contributed by atoms with Gasteiger partial charge in [0.15, 0.2) is 0 Å². The van der Waals surface area contributed by atoms with Crippen LogP contribution in [0.15, 0.2) is 24.3 Å². The smallest absolute Gasteiger partial charge is 0.311 e. The van der Waals surface area contributed by atoms with Gasteiger partial charge in [0.25, 0.3) is 0 Å². The zero-order valence-corrected chi connectivity index (χ0v) is 11.3. The molecule has 1 aromatic carbocycles. The fourth-order valence-electron chi connectivity index (χ4n) is 2.03. The average molecular weight is 247 g/mol. The van der Waals surface area contributed by atoms with Gasteiger partial charge in [-0.05, 0) is 38.3 Å². The Hall–Kier alpha value is -1.35. The van der Waals surface area contributed by atoms with Crippen LogP contribution in [0.25, 0.3) is 0 Å². The molecule has 3 nitrogen and oxygen atoms in total. The predicted molar refractivity (Wildman–Crippen MR) is 71.3 cm³/mol. The summed E-state index contributed by atoms with van der Waals surface area (Å²) in [7, 11) is 0. The van der Waals surface area contributed by atoms with Gasteiger partial charge in [-0.1, -0.05) is 24.3 Å². The fraction of sp³-hybridized carbons (Fsp3) is 0.533. The Kier molecular flexibility index (Phi) is 3.71. The number of carbonyl (C=O) groups is 1. The number of ether oxygens (including phenoxy) is 1. The number of esters is 1. The lowest BCUT2D eigenvalue weighted by Crippen LogP contribution is -2.34. The van der Waals surface area contributed by atoms with E-state index in [2.05, 4.69) is 29.6 Å². The first-order chi connectivity index (χ1) is 8.48. The van der Waals surface area contributed by atoms with Crippen molar-refractivity contribution in [1.29, 1.82) is 0 Å². The highest BCUT2D eigenvalue weighted by atomic mass is 16.5. The zero-order valence-electron chi connectivity index (χ0n) is 11.3. The van der Waals surface area contributed by atoms with E-state index in [-0.39, 0.29) is 5.97 Å². The van der Waals surface area contributed by atoms with Gasteiger partial charge in [0, 0.05) is 12.6 Å². The normalized spacial score (nSPS) is 17.8. The SMILES string of the molecule is CC(C)(C)C(=O)OCCNC1Cc2ccccc21. The van der Waals surface area contributed by atoms with Crippen molar-refractivity contribution >= 4 is 5.97 Å². The van der Waals surface area contributed by atoms with E-state index in [1.54, 1.807) is 0 Å².